The van der Waals surface area contributed by atoms with Gasteiger partial charge in [0.2, 0.25) is 15.8 Å². The minimum Gasteiger partial charge on any atom is -0.457 e. The summed E-state index contributed by atoms with van der Waals surface area (Å²) in [6.07, 6.45) is 0. The van der Waals surface area contributed by atoms with Gasteiger partial charge in [-0.2, -0.15) is 4.31 Å². The van der Waals surface area contributed by atoms with Crippen LogP contribution in [0.25, 0.3) is 39.2 Å². The number of aromatic nitrogens is 4. The van der Waals surface area contributed by atoms with Crippen molar-refractivity contribution in [3.8, 4) is 28.3 Å². The first-order valence-electron chi connectivity index (χ1n) is 15.8. The summed E-state index contributed by atoms with van der Waals surface area (Å²) in [5.74, 6) is -1.39. The number of carbonyl (C=O) groups excluding carboxylic acids is 2. The third-order valence-electron chi connectivity index (χ3n) is 8.20. The molecule has 11 nitrogen and oxygen atoms in total. The molecule has 1 aliphatic rings. The highest BCUT2D eigenvalue weighted by Gasteiger charge is 2.28. The second-order valence-electron chi connectivity index (χ2n) is 11.5. The molecule has 0 aliphatic carbocycles. The number of hydrogen-bond donors (Lipinski definition) is 1. The summed E-state index contributed by atoms with van der Waals surface area (Å²) in [7, 11) is -3.79. The fourth-order valence-electron chi connectivity index (χ4n) is 5.78. The third kappa shape index (κ3) is 7.32. The molecule has 0 amide bonds. The van der Waals surface area contributed by atoms with Crippen molar-refractivity contribution in [2.24, 2.45) is 0 Å². The molecule has 1 fully saturated rings. The number of aromatic amines is 1. The molecule has 7 rings (SSSR count). The molecule has 0 saturated carbocycles. The van der Waals surface area contributed by atoms with Crippen LogP contribution in [-0.2, 0) is 24.3 Å². The molecule has 2 aromatic heterocycles. The van der Waals surface area contributed by atoms with E-state index < -0.39 is 34.2 Å². The van der Waals surface area contributed by atoms with Gasteiger partial charge in [0.15, 0.2) is 17.6 Å². The molecule has 3 heterocycles. The smallest absolute Gasteiger partial charge is 0.316 e. The first-order valence-corrected chi connectivity index (χ1v) is 18.6. The monoisotopic (exact) mass is 745 g/mol. The predicted octanol–water partition coefficient (Wildman–Crippen LogP) is 6.41. The summed E-state index contributed by atoms with van der Waals surface area (Å²) in [5, 5.41) is 10.1. The highest BCUT2D eigenvalue weighted by molar-refractivity contribution is 7.99. The Kier molecular flexibility index (Phi) is 10.0. The van der Waals surface area contributed by atoms with E-state index in [1.807, 2.05) is 12.1 Å². The Morgan fingerprint density at radius 1 is 0.922 bits per heavy atom. The van der Waals surface area contributed by atoms with Crippen LogP contribution in [0.15, 0.2) is 107 Å². The van der Waals surface area contributed by atoms with Crippen molar-refractivity contribution in [1.82, 2.24) is 24.1 Å². The number of fused-ring (bicyclic) bond motifs is 1. The topological polar surface area (TPSA) is 136 Å². The first-order chi connectivity index (χ1) is 24.7. The molecule has 51 heavy (non-hydrogen) atoms. The molecular weight excluding hydrogens is 717 g/mol. The molecule has 1 aliphatic heterocycles. The number of benzene rings is 4. The minimum absolute atomic E-state index is 0.0998. The third-order valence-corrected chi connectivity index (χ3v) is 11.2. The van der Waals surface area contributed by atoms with Gasteiger partial charge < -0.3 is 14.5 Å². The van der Waals surface area contributed by atoms with E-state index in [0.717, 1.165) is 11.8 Å². The number of ketones is 1. The van der Waals surface area contributed by atoms with Gasteiger partial charge in [0.05, 0.1) is 40.8 Å². The van der Waals surface area contributed by atoms with Crippen molar-refractivity contribution in [2.75, 3.05) is 38.7 Å². The van der Waals surface area contributed by atoms with Gasteiger partial charge in [0.25, 0.3) is 0 Å². The Morgan fingerprint density at radius 2 is 1.69 bits per heavy atom. The lowest BCUT2D eigenvalue weighted by Gasteiger charge is -2.26. The highest BCUT2D eigenvalue weighted by atomic mass is 35.5. The molecule has 0 spiro atoms. The van der Waals surface area contributed by atoms with Crippen molar-refractivity contribution in [1.29, 1.82) is 0 Å². The quantitative estimate of drug-likeness (QED) is 0.0906. The Morgan fingerprint density at radius 3 is 2.47 bits per heavy atom. The molecule has 6 aromatic rings. The zero-order valence-electron chi connectivity index (χ0n) is 26.8. The molecule has 0 bridgehead atoms. The number of H-pyrrole nitrogens is 1. The number of nitrogens with one attached hydrogen (secondary N) is 1. The van der Waals surface area contributed by atoms with E-state index in [-0.39, 0.29) is 23.7 Å². The number of Topliss-reactive ketones (excluding diaryl/α,β-unsaturated/α-hetero) is 1. The van der Waals surface area contributed by atoms with Crippen molar-refractivity contribution in [3.05, 3.63) is 113 Å². The van der Waals surface area contributed by atoms with Crippen LogP contribution in [0.4, 0.5) is 4.39 Å². The van der Waals surface area contributed by atoms with E-state index in [9.17, 15) is 22.4 Å². The van der Waals surface area contributed by atoms with Crippen molar-refractivity contribution >= 4 is 56.0 Å². The number of hydrogen-bond acceptors (Lipinski definition) is 9. The number of carbonyl (C=O) groups is 2. The number of sulfonamides is 1. The highest BCUT2D eigenvalue weighted by Crippen LogP contribution is 2.33. The molecule has 15 heteroatoms. The van der Waals surface area contributed by atoms with Crippen molar-refractivity contribution in [2.45, 2.75) is 10.1 Å². The lowest BCUT2D eigenvalue weighted by atomic mass is 10.0. The van der Waals surface area contributed by atoms with Crippen molar-refractivity contribution < 1.29 is 31.9 Å². The Hall–Kier alpha value is -4.86. The van der Waals surface area contributed by atoms with Crippen LogP contribution in [0, 0.1) is 5.82 Å². The number of para-hydroxylation sites is 1. The van der Waals surface area contributed by atoms with E-state index in [2.05, 4.69) is 15.2 Å². The number of halogens is 2. The van der Waals surface area contributed by atoms with E-state index in [1.54, 1.807) is 65.2 Å². The zero-order valence-corrected chi connectivity index (χ0v) is 29.2. The Bertz CT molecular complexity index is 2360. The number of nitrogens with zero attached hydrogens (tertiary/aromatic N) is 4. The number of esters is 1. The van der Waals surface area contributed by atoms with E-state index in [0.29, 0.717) is 68.2 Å². The molecule has 4 aromatic carbocycles. The standard InChI is InChI=1S/C36H29ClFN5O6S2/c37-25-6-4-7-27(20-25)43-35(24-5-3-8-28(19-24)51(46,47)42-15-17-48-18-16-42)40-41-36(43)50-22-32(45)49-21-31(44)33-29-9-1-2-10-30(29)39-34(33)23-11-13-26(38)14-12-23/h1-14,19-20,39H,15-18,21-22H2. The number of thioether (sulfide) groups is 1. The van der Waals surface area contributed by atoms with Gasteiger partial charge >= 0.3 is 5.97 Å². The summed E-state index contributed by atoms with van der Waals surface area (Å²) in [4.78, 5) is 29.9. The summed E-state index contributed by atoms with van der Waals surface area (Å²) in [6, 6.07) is 26.4. The number of rotatable bonds is 11. The maximum absolute atomic E-state index is 13.6. The second-order valence-corrected chi connectivity index (χ2v) is 14.8. The van der Waals surface area contributed by atoms with Gasteiger partial charge in [-0.15, -0.1) is 10.2 Å². The van der Waals surface area contributed by atoms with Gasteiger partial charge in [-0.25, -0.2) is 12.8 Å². The van der Waals surface area contributed by atoms with Gasteiger partial charge in [-0.3, -0.25) is 14.2 Å². The summed E-state index contributed by atoms with van der Waals surface area (Å²) >= 11 is 7.37. The molecular formula is C36H29ClFN5O6S2. The first kappa shape index (κ1) is 34.6. The van der Waals surface area contributed by atoms with Crippen LogP contribution in [0.2, 0.25) is 5.02 Å². The molecule has 0 unspecified atom stereocenters. The van der Waals surface area contributed by atoms with Gasteiger partial charge in [-0.05, 0) is 66.2 Å². The van der Waals surface area contributed by atoms with E-state index in [4.69, 9.17) is 21.1 Å². The maximum Gasteiger partial charge on any atom is 0.316 e. The average molecular weight is 746 g/mol. The SMILES string of the molecule is O=C(CSc1nnc(-c2cccc(S(=O)(=O)N3CCOCC3)c2)n1-c1cccc(Cl)c1)OCC(=O)c1c(-c2ccc(F)cc2)[nH]c2ccccc12. The molecule has 0 atom stereocenters. The Balaban J connectivity index is 1.11. The fraction of sp³-hybridized carbons (Fsp3) is 0.167. The van der Waals surface area contributed by atoms with Gasteiger partial charge in [-0.1, -0.05) is 59.8 Å². The summed E-state index contributed by atoms with van der Waals surface area (Å²) in [5.41, 5.74) is 3.22. The molecule has 0 radical (unpaired) electrons. The molecule has 260 valence electrons. The maximum atomic E-state index is 13.6. The zero-order chi connectivity index (χ0) is 35.5. The summed E-state index contributed by atoms with van der Waals surface area (Å²) < 4.78 is 54.3. The largest absolute Gasteiger partial charge is 0.457 e. The van der Waals surface area contributed by atoms with E-state index in [1.165, 1.54) is 28.6 Å². The number of ether oxygens (including phenoxy) is 2. The van der Waals surface area contributed by atoms with Crippen LogP contribution in [-0.4, -0.2) is 82.9 Å². The van der Waals surface area contributed by atoms with Crippen LogP contribution >= 0.6 is 23.4 Å². The van der Waals surface area contributed by atoms with Crippen molar-refractivity contribution in [3.63, 3.8) is 0 Å². The second kappa shape index (κ2) is 14.8. The predicted molar refractivity (Wildman–Crippen MR) is 191 cm³/mol. The van der Waals surface area contributed by atoms with Crippen LogP contribution < -0.4 is 0 Å². The lowest BCUT2D eigenvalue weighted by molar-refractivity contribution is -0.139. The normalized spacial score (nSPS) is 13.8. The van der Waals surface area contributed by atoms with Crippen LogP contribution in [0.3, 0.4) is 0 Å². The minimum atomic E-state index is -3.79. The molecule has 1 saturated heterocycles. The fourth-order valence-corrected chi connectivity index (χ4v) is 8.17. The Labute approximate surface area is 301 Å². The number of morpholine rings is 1. The lowest BCUT2D eigenvalue weighted by Crippen LogP contribution is -2.40. The van der Waals surface area contributed by atoms with Gasteiger partial charge in [0.1, 0.15) is 5.82 Å². The van der Waals surface area contributed by atoms with Crippen LogP contribution in [0.1, 0.15) is 10.4 Å². The summed E-state index contributed by atoms with van der Waals surface area (Å²) in [6.45, 7) is 0.625. The average Bonchev–Trinajstić information content (AvgIpc) is 3.76. The van der Waals surface area contributed by atoms with Crippen LogP contribution in [0.5, 0.6) is 0 Å². The van der Waals surface area contributed by atoms with Gasteiger partial charge in [0, 0.05) is 34.6 Å². The molecule has 1 N–H and O–H groups in total. The van der Waals surface area contributed by atoms with E-state index >= 15 is 0 Å².